The molecular weight excluding hydrogens is 567 g/mol. The van der Waals surface area contributed by atoms with Gasteiger partial charge in [-0.2, -0.15) is 0 Å². The zero-order valence-corrected chi connectivity index (χ0v) is 23.1. The first-order chi connectivity index (χ1) is 20.2. The summed E-state index contributed by atoms with van der Waals surface area (Å²) in [4.78, 5) is 14.2. The van der Waals surface area contributed by atoms with Crippen molar-refractivity contribution in [2.24, 2.45) is 0 Å². The molecule has 1 unspecified atom stereocenters. The van der Waals surface area contributed by atoms with Crippen molar-refractivity contribution in [1.29, 1.82) is 0 Å². The number of hydrogen-bond acceptors (Lipinski definition) is 4. The van der Waals surface area contributed by atoms with E-state index in [1.54, 1.807) is 66.8 Å². The van der Waals surface area contributed by atoms with Crippen LogP contribution >= 0.6 is 7.14 Å². The van der Waals surface area contributed by atoms with Gasteiger partial charge in [0.15, 0.2) is 30.4 Å². The Hall–Kier alpha value is -4.23. The van der Waals surface area contributed by atoms with E-state index in [0.29, 0.717) is 5.30 Å². The van der Waals surface area contributed by atoms with Gasteiger partial charge in [-0.25, -0.2) is 22.1 Å². The predicted octanol–water partition coefficient (Wildman–Crippen LogP) is 4.26. The highest BCUT2D eigenvalue weighted by Gasteiger charge is 2.45. The molecule has 0 radical (unpaired) electrons. The zero-order chi connectivity index (χ0) is 29.3. The van der Waals surface area contributed by atoms with Crippen LogP contribution in [0.15, 0.2) is 77.6 Å². The number of carboxylic acids is 1. The fourth-order valence-electron chi connectivity index (χ4n) is 6.04. The Kier molecular flexibility index (Phi) is 6.13. The van der Waals surface area contributed by atoms with E-state index in [4.69, 9.17) is 0 Å². The van der Waals surface area contributed by atoms with E-state index < -0.39 is 47.5 Å². The second kappa shape index (κ2) is 9.66. The van der Waals surface area contributed by atoms with Crippen LogP contribution in [-0.2, 0) is 4.57 Å². The van der Waals surface area contributed by atoms with Gasteiger partial charge in [-0.05, 0) is 35.8 Å². The second-order valence-corrected chi connectivity index (χ2v) is 13.4. The molecule has 0 saturated carbocycles. The van der Waals surface area contributed by atoms with Gasteiger partial charge in [0.25, 0.3) is 0 Å². The van der Waals surface area contributed by atoms with Crippen molar-refractivity contribution in [3.05, 3.63) is 118 Å². The largest absolute Gasteiger partial charge is 0.545 e. The minimum atomic E-state index is -3.72. The summed E-state index contributed by atoms with van der Waals surface area (Å²) in [6, 6.07) is 13.8. The molecule has 7 rings (SSSR count). The highest BCUT2D eigenvalue weighted by molar-refractivity contribution is 7.83. The number of rotatable bonds is 4. The summed E-state index contributed by atoms with van der Waals surface area (Å²) in [6.45, 7) is 3.11. The Morgan fingerprint density at radius 3 is 2.21 bits per heavy atom. The van der Waals surface area contributed by atoms with E-state index in [9.17, 15) is 18.7 Å². The third-order valence-corrected chi connectivity index (χ3v) is 11.6. The molecule has 2 fully saturated rings. The average molecular weight is 591 g/mol. The van der Waals surface area contributed by atoms with E-state index in [2.05, 4.69) is 9.48 Å². The number of fused-ring (bicyclic) bond motifs is 2. The highest BCUT2D eigenvalue weighted by atomic mass is 31.2. The Labute approximate surface area is 238 Å². The molecule has 0 aromatic heterocycles. The number of hydrogen-bond donors (Lipinski definition) is 0. The van der Waals surface area contributed by atoms with Crippen molar-refractivity contribution in [2.45, 2.75) is 12.8 Å². The standard InChI is InChI=1S/C32H23F4N2O3P/c33-28-26(27(32(39)40)29(34)31(36)30(28)35)25-21-10-8-18(37-12-4-13-37)16-23(21)42(41,20-6-2-1-3-7-20)24-17-19(9-11-22(24)25)38-14-5-15-38/h1-3,6-11,16-17H,4-5,12-15H2. The molecule has 0 N–H and O–H groups in total. The van der Waals surface area contributed by atoms with Crippen LogP contribution in [0.5, 0.6) is 0 Å². The third kappa shape index (κ3) is 3.72. The van der Waals surface area contributed by atoms with Crippen LogP contribution in [0.25, 0.3) is 5.57 Å². The summed E-state index contributed by atoms with van der Waals surface area (Å²) >= 11 is 0. The molecule has 4 aliphatic rings. The van der Waals surface area contributed by atoms with Crippen molar-refractivity contribution in [3.8, 4) is 0 Å². The smallest absolute Gasteiger partial charge is 0.200 e. The first-order valence-electron chi connectivity index (χ1n) is 13.6. The van der Waals surface area contributed by atoms with Gasteiger partial charge in [0.05, 0.1) is 12.4 Å². The van der Waals surface area contributed by atoms with Gasteiger partial charge in [0, 0.05) is 63.6 Å². The fourth-order valence-corrected chi connectivity index (χ4v) is 9.13. The van der Waals surface area contributed by atoms with Crippen LogP contribution < -0.4 is 20.6 Å². The number of aromatic carboxylic acids is 1. The molecule has 1 aliphatic carbocycles. The number of nitrogens with zero attached hydrogens (tertiary/aromatic N) is 2. The van der Waals surface area contributed by atoms with Crippen molar-refractivity contribution < 1.29 is 36.6 Å². The van der Waals surface area contributed by atoms with Gasteiger partial charge in [-0.3, -0.25) is 0 Å². The molecular formula is C32H23F4N2O3P. The molecule has 3 aliphatic heterocycles. The number of allylic oxidation sites excluding steroid dienone is 5. The number of halogens is 4. The van der Waals surface area contributed by atoms with Gasteiger partial charge in [-0.15, -0.1) is 0 Å². The maximum absolute atomic E-state index is 15.7. The Morgan fingerprint density at radius 1 is 0.881 bits per heavy atom. The van der Waals surface area contributed by atoms with Gasteiger partial charge in [-0.1, -0.05) is 36.4 Å². The first kappa shape index (κ1) is 26.7. The molecule has 10 heteroatoms. The molecule has 42 heavy (non-hydrogen) atoms. The number of carbonyl (C=O) groups is 1. The number of anilines is 1. The topological polar surface area (TPSA) is 63.4 Å². The summed E-state index contributed by atoms with van der Waals surface area (Å²) in [5.41, 5.74) is -0.813. The maximum Gasteiger partial charge on any atom is 0.200 e. The molecule has 3 aromatic carbocycles. The molecule has 212 valence electrons. The second-order valence-electron chi connectivity index (χ2n) is 10.7. The lowest BCUT2D eigenvalue weighted by Gasteiger charge is -2.37. The van der Waals surface area contributed by atoms with Crippen molar-refractivity contribution >= 4 is 40.7 Å². The molecule has 0 bridgehead atoms. The maximum atomic E-state index is 15.7. The van der Waals surface area contributed by atoms with E-state index in [1.165, 1.54) is 0 Å². The van der Waals surface area contributed by atoms with Gasteiger partial charge in [0.2, 0.25) is 5.71 Å². The number of carbonyl (C=O) groups excluding carboxylic acids is 1. The summed E-state index contributed by atoms with van der Waals surface area (Å²) in [5.74, 6) is -10.5. The normalized spacial score (nSPS) is 21.0. The molecule has 2 saturated heterocycles. The fraction of sp³-hybridized carbons (Fsp3) is 0.188. The van der Waals surface area contributed by atoms with Crippen LogP contribution in [0.1, 0.15) is 34.3 Å². The minimum absolute atomic E-state index is 0.141. The monoisotopic (exact) mass is 590 g/mol. The number of carboxylic acid groups (broad SMARTS) is 1. The van der Waals surface area contributed by atoms with Crippen molar-refractivity contribution in [3.63, 3.8) is 0 Å². The van der Waals surface area contributed by atoms with E-state index >= 15 is 13.3 Å². The van der Waals surface area contributed by atoms with Crippen molar-refractivity contribution in [2.75, 3.05) is 31.1 Å². The summed E-state index contributed by atoms with van der Waals surface area (Å²) in [5, 5.41) is 13.2. The van der Waals surface area contributed by atoms with E-state index in [-0.39, 0.29) is 27.3 Å². The summed E-state index contributed by atoms with van der Waals surface area (Å²) < 4.78 is 77.6. The van der Waals surface area contributed by atoms with Crippen molar-refractivity contribution in [1.82, 2.24) is 0 Å². The van der Waals surface area contributed by atoms with Crippen LogP contribution in [0.2, 0.25) is 0 Å². The summed E-state index contributed by atoms with van der Waals surface area (Å²) in [7, 11) is -3.72. The predicted molar refractivity (Wildman–Crippen MR) is 150 cm³/mol. The Bertz CT molecular complexity index is 1890. The molecule has 0 spiro atoms. The minimum Gasteiger partial charge on any atom is -0.545 e. The van der Waals surface area contributed by atoms with E-state index in [1.807, 2.05) is 0 Å². The zero-order valence-electron chi connectivity index (χ0n) is 22.2. The molecule has 0 amide bonds. The first-order valence-corrected chi connectivity index (χ1v) is 15.3. The van der Waals surface area contributed by atoms with Crippen LogP contribution in [0.3, 0.4) is 0 Å². The van der Waals surface area contributed by atoms with E-state index in [0.717, 1.165) is 50.4 Å². The molecule has 3 heterocycles. The summed E-state index contributed by atoms with van der Waals surface area (Å²) in [6.07, 6.45) is 6.97. The lowest BCUT2D eigenvalue weighted by molar-refractivity contribution is -0.582. The molecule has 1 atom stereocenters. The highest BCUT2D eigenvalue weighted by Crippen LogP contribution is 2.62. The van der Waals surface area contributed by atoms with Gasteiger partial charge >= 0.3 is 0 Å². The molecule has 5 nitrogen and oxygen atoms in total. The quantitative estimate of drug-likeness (QED) is 0.150. The Morgan fingerprint density at radius 2 is 1.60 bits per heavy atom. The van der Waals surface area contributed by atoms with Gasteiger partial charge < -0.3 is 19.4 Å². The number of benzene rings is 3. The Balaban J connectivity index is 1.64. The average Bonchev–Trinajstić information content (AvgIpc) is 2.93. The van der Waals surface area contributed by atoms with Crippen LogP contribution in [0.4, 0.5) is 23.2 Å². The van der Waals surface area contributed by atoms with Gasteiger partial charge in [0.1, 0.15) is 13.1 Å². The van der Waals surface area contributed by atoms with Crippen LogP contribution in [0, 0.1) is 23.3 Å². The lowest BCUT2D eigenvalue weighted by atomic mass is 9.86. The van der Waals surface area contributed by atoms with Crippen LogP contribution in [-0.4, -0.2) is 42.4 Å². The molecule has 3 aromatic rings. The third-order valence-electron chi connectivity index (χ3n) is 8.46. The lowest BCUT2D eigenvalue weighted by Crippen LogP contribution is -2.38. The SMILES string of the molecule is O=C([O-])c1c(F)c(F)c(F)c(F)c1C1=C2C=CC(=[N+]3CCC3)C=C2P(=O)(c2ccccc2)c2cc(N3CCC3)ccc21.